The lowest BCUT2D eigenvalue weighted by Gasteiger charge is -2.15. The zero-order valence-corrected chi connectivity index (χ0v) is 10.1. The van der Waals surface area contributed by atoms with E-state index in [1.807, 2.05) is 30.7 Å². The second-order valence-corrected chi connectivity index (χ2v) is 4.73. The molecule has 3 aromatic rings. The first-order chi connectivity index (χ1) is 9.34. The van der Waals surface area contributed by atoms with Crippen molar-refractivity contribution >= 4 is 0 Å². The molecule has 1 aliphatic heterocycles. The van der Waals surface area contributed by atoms with Gasteiger partial charge in [-0.15, -0.1) is 0 Å². The van der Waals surface area contributed by atoms with Gasteiger partial charge in [-0.05, 0) is 23.3 Å². The summed E-state index contributed by atoms with van der Waals surface area (Å²) in [4.78, 5) is 4.21. The maximum Gasteiger partial charge on any atom is 0.123 e. The van der Waals surface area contributed by atoms with E-state index in [1.54, 1.807) is 12.1 Å². The zero-order chi connectivity index (χ0) is 12.8. The first-order valence-corrected chi connectivity index (χ1v) is 6.21. The van der Waals surface area contributed by atoms with Crippen molar-refractivity contribution in [1.82, 2.24) is 9.55 Å². The summed E-state index contributed by atoms with van der Waals surface area (Å²) in [7, 11) is 0. The van der Waals surface area contributed by atoms with Crippen molar-refractivity contribution in [3.63, 3.8) is 0 Å². The van der Waals surface area contributed by atoms with Gasteiger partial charge in [0.25, 0.3) is 0 Å². The highest BCUT2D eigenvalue weighted by atomic mass is 19.1. The van der Waals surface area contributed by atoms with Crippen LogP contribution in [-0.2, 0) is 0 Å². The van der Waals surface area contributed by atoms with Crippen molar-refractivity contribution in [2.24, 2.45) is 0 Å². The quantitative estimate of drug-likeness (QED) is 0.504. The number of benzene rings is 2. The Morgan fingerprint density at radius 1 is 1.05 bits per heavy atom. The topological polar surface area (TPSA) is 17.8 Å². The van der Waals surface area contributed by atoms with Crippen LogP contribution in [0.5, 0.6) is 0 Å². The predicted molar refractivity (Wildman–Crippen MR) is 71.3 cm³/mol. The Morgan fingerprint density at radius 2 is 1.95 bits per heavy atom. The summed E-state index contributed by atoms with van der Waals surface area (Å²) >= 11 is 0. The summed E-state index contributed by atoms with van der Waals surface area (Å²) in [6.45, 7) is 0. The molecule has 0 saturated carbocycles. The maximum atomic E-state index is 13.5. The summed E-state index contributed by atoms with van der Waals surface area (Å²) in [5, 5.41) is 0. The molecule has 1 unspecified atom stereocenters. The molecule has 0 amide bonds. The van der Waals surface area contributed by atoms with Crippen molar-refractivity contribution in [1.29, 1.82) is 0 Å². The van der Waals surface area contributed by atoms with Gasteiger partial charge in [-0.3, -0.25) is 0 Å². The molecule has 0 fully saturated rings. The number of fused-ring (bicyclic) bond motifs is 3. The fraction of sp³-hybridized carbons (Fsp3) is 0.0625. The molecule has 3 heteroatoms. The predicted octanol–water partition coefficient (Wildman–Crippen LogP) is 3.64. The molecule has 0 bridgehead atoms. The summed E-state index contributed by atoms with van der Waals surface area (Å²) in [5.41, 5.74) is 4.41. The van der Waals surface area contributed by atoms with Crippen molar-refractivity contribution in [2.45, 2.75) is 6.04 Å². The molecule has 19 heavy (non-hydrogen) atoms. The van der Waals surface area contributed by atoms with Crippen molar-refractivity contribution < 1.29 is 4.39 Å². The second kappa shape index (κ2) is 3.79. The molecule has 1 aromatic heterocycles. The lowest BCUT2D eigenvalue weighted by atomic mass is 9.97. The van der Waals surface area contributed by atoms with Crippen molar-refractivity contribution in [3.8, 4) is 11.3 Å². The van der Waals surface area contributed by atoms with Gasteiger partial charge < -0.3 is 4.57 Å². The molecular formula is C16H11FN2. The Balaban J connectivity index is 1.99. The average Bonchev–Trinajstić information content (AvgIpc) is 2.98. The van der Waals surface area contributed by atoms with Gasteiger partial charge in [0.15, 0.2) is 0 Å². The van der Waals surface area contributed by atoms with Crippen molar-refractivity contribution in [2.75, 3.05) is 0 Å². The summed E-state index contributed by atoms with van der Waals surface area (Å²) in [6.07, 6.45) is 3.67. The van der Waals surface area contributed by atoms with Crippen LogP contribution in [0.25, 0.3) is 11.3 Å². The van der Waals surface area contributed by atoms with Crippen LogP contribution in [0.3, 0.4) is 0 Å². The summed E-state index contributed by atoms with van der Waals surface area (Å²) in [5.74, 6) is -0.205. The van der Waals surface area contributed by atoms with E-state index in [0.717, 1.165) is 11.3 Å². The number of halogens is 1. The minimum Gasteiger partial charge on any atom is -0.319 e. The second-order valence-electron chi connectivity index (χ2n) is 4.73. The van der Waals surface area contributed by atoms with Crippen LogP contribution < -0.4 is 0 Å². The molecule has 1 aliphatic rings. The number of aromatic nitrogens is 2. The minimum atomic E-state index is -0.205. The van der Waals surface area contributed by atoms with E-state index in [-0.39, 0.29) is 11.9 Å². The van der Waals surface area contributed by atoms with E-state index in [0.29, 0.717) is 0 Å². The number of imidazole rings is 1. The Hall–Kier alpha value is -2.42. The van der Waals surface area contributed by atoms with Gasteiger partial charge >= 0.3 is 0 Å². The first-order valence-electron chi connectivity index (χ1n) is 6.21. The van der Waals surface area contributed by atoms with Gasteiger partial charge in [0.05, 0.1) is 24.3 Å². The molecule has 2 heterocycles. The highest BCUT2D eigenvalue weighted by Gasteiger charge is 2.29. The third-order valence-electron chi connectivity index (χ3n) is 3.64. The average molecular weight is 250 g/mol. The Bertz CT molecular complexity index is 761. The third-order valence-corrected chi connectivity index (χ3v) is 3.64. The molecule has 0 saturated heterocycles. The van der Waals surface area contributed by atoms with Crippen LogP contribution in [0.4, 0.5) is 4.39 Å². The van der Waals surface area contributed by atoms with Crippen LogP contribution >= 0.6 is 0 Å². The lowest BCUT2D eigenvalue weighted by Crippen LogP contribution is -2.06. The van der Waals surface area contributed by atoms with E-state index in [1.165, 1.54) is 17.2 Å². The molecule has 0 N–H and O–H groups in total. The SMILES string of the molecule is Fc1cccc(C2c3ccccc3-c3cncn32)c1. The minimum absolute atomic E-state index is 0.0180. The van der Waals surface area contributed by atoms with Crippen LogP contribution in [0.2, 0.25) is 0 Å². The Kier molecular flexibility index (Phi) is 2.09. The van der Waals surface area contributed by atoms with Gasteiger partial charge in [-0.25, -0.2) is 9.37 Å². The van der Waals surface area contributed by atoms with Crippen LogP contribution in [-0.4, -0.2) is 9.55 Å². The van der Waals surface area contributed by atoms with E-state index in [2.05, 4.69) is 21.7 Å². The molecule has 2 aromatic carbocycles. The fourth-order valence-corrected chi connectivity index (χ4v) is 2.85. The molecule has 0 aliphatic carbocycles. The van der Waals surface area contributed by atoms with E-state index < -0.39 is 0 Å². The van der Waals surface area contributed by atoms with E-state index >= 15 is 0 Å². The van der Waals surface area contributed by atoms with Gasteiger partial charge in [0, 0.05) is 5.56 Å². The summed E-state index contributed by atoms with van der Waals surface area (Å²) < 4.78 is 15.6. The first kappa shape index (κ1) is 10.5. The zero-order valence-electron chi connectivity index (χ0n) is 10.1. The van der Waals surface area contributed by atoms with E-state index in [4.69, 9.17) is 0 Å². The highest BCUT2D eigenvalue weighted by Crippen LogP contribution is 2.42. The molecule has 0 spiro atoms. The van der Waals surface area contributed by atoms with Crippen LogP contribution in [0.1, 0.15) is 17.2 Å². The third kappa shape index (κ3) is 1.45. The van der Waals surface area contributed by atoms with E-state index in [9.17, 15) is 4.39 Å². The van der Waals surface area contributed by atoms with Gasteiger partial charge in [0.2, 0.25) is 0 Å². The number of rotatable bonds is 1. The normalized spacial score (nSPS) is 16.2. The fourth-order valence-electron chi connectivity index (χ4n) is 2.85. The molecular weight excluding hydrogens is 239 g/mol. The largest absolute Gasteiger partial charge is 0.319 e. The molecule has 92 valence electrons. The molecule has 4 rings (SSSR count). The highest BCUT2D eigenvalue weighted by molar-refractivity contribution is 5.70. The number of hydrogen-bond donors (Lipinski definition) is 0. The van der Waals surface area contributed by atoms with Crippen LogP contribution in [0, 0.1) is 5.82 Å². The summed E-state index contributed by atoms with van der Waals surface area (Å²) in [6, 6.07) is 15.0. The lowest BCUT2D eigenvalue weighted by molar-refractivity contribution is 0.618. The standard InChI is InChI=1S/C16H11FN2/c17-12-5-3-4-11(8-12)16-14-7-2-1-6-13(14)15-9-18-10-19(15)16/h1-10,16H. The molecule has 0 radical (unpaired) electrons. The number of nitrogens with zero attached hydrogens (tertiary/aromatic N) is 2. The number of hydrogen-bond acceptors (Lipinski definition) is 1. The maximum absolute atomic E-state index is 13.5. The molecule has 1 atom stereocenters. The van der Waals surface area contributed by atoms with Gasteiger partial charge in [-0.2, -0.15) is 0 Å². The smallest absolute Gasteiger partial charge is 0.123 e. The van der Waals surface area contributed by atoms with Gasteiger partial charge in [-0.1, -0.05) is 36.4 Å². The Labute approximate surface area is 110 Å². The van der Waals surface area contributed by atoms with Gasteiger partial charge in [0.1, 0.15) is 5.82 Å². The van der Waals surface area contributed by atoms with Crippen LogP contribution in [0.15, 0.2) is 61.1 Å². The van der Waals surface area contributed by atoms with Crippen molar-refractivity contribution in [3.05, 3.63) is 78.0 Å². The molecule has 2 nitrogen and oxygen atoms in total. The monoisotopic (exact) mass is 250 g/mol. The Morgan fingerprint density at radius 3 is 2.84 bits per heavy atom.